The van der Waals surface area contributed by atoms with Gasteiger partial charge in [-0.25, -0.2) is 4.98 Å². The van der Waals surface area contributed by atoms with Crippen molar-refractivity contribution in [2.24, 2.45) is 17.8 Å². The zero-order valence-corrected chi connectivity index (χ0v) is 13.6. The van der Waals surface area contributed by atoms with Crippen molar-refractivity contribution in [1.82, 2.24) is 4.98 Å². The van der Waals surface area contributed by atoms with E-state index in [4.69, 9.17) is 0 Å². The summed E-state index contributed by atoms with van der Waals surface area (Å²) in [7, 11) is 0. The maximum atomic E-state index is 12.5. The Bertz CT molecular complexity index is 584. The Labute approximate surface area is 134 Å². The lowest BCUT2D eigenvalue weighted by Gasteiger charge is -2.26. The highest BCUT2D eigenvalue weighted by atomic mass is 32.1. The zero-order chi connectivity index (χ0) is 15.7. The van der Waals surface area contributed by atoms with Crippen LogP contribution in [0.4, 0.5) is 5.13 Å². The number of carboxylic acid groups (broad SMARTS) is 1. The highest BCUT2D eigenvalue weighted by Gasteiger charge is 2.36. The number of anilines is 1. The normalized spacial score (nSPS) is 28.0. The van der Waals surface area contributed by atoms with Crippen LogP contribution in [-0.2, 0) is 22.4 Å². The van der Waals surface area contributed by atoms with Gasteiger partial charge in [-0.15, -0.1) is 11.3 Å². The molecule has 0 aliphatic heterocycles. The summed E-state index contributed by atoms with van der Waals surface area (Å²) in [5.41, 5.74) is 1.11. The minimum atomic E-state index is -0.855. The first kappa shape index (κ1) is 15.5. The Kier molecular flexibility index (Phi) is 4.47. The third-order valence-electron chi connectivity index (χ3n) is 4.84. The second-order valence-corrected chi connectivity index (χ2v) is 7.65. The molecule has 2 N–H and O–H groups in total. The lowest BCUT2D eigenvalue weighted by molar-refractivity contribution is -0.147. The van der Waals surface area contributed by atoms with E-state index in [1.807, 2.05) is 0 Å². The Morgan fingerprint density at radius 1 is 1.23 bits per heavy atom. The molecule has 0 unspecified atom stereocenters. The predicted octanol–water partition coefficient (Wildman–Crippen LogP) is 3.10. The predicted molar refractivity (Wildman–Crippen MR) is 85.0 cm³/mol. The highest BCUT2D eigenvalue weighted by molar-refractivity contribution is 7.15. The van der Waals surface area contributed by atoms with E-state index >= 15 is 0 Å². The van der Waals surface area contributed by atoms with Gasteiger partial charge < -0.3 is 10.4 Å². The average Bonchev–Trinajstić information content (AvgIpc) is 2.88. The van der Waals surface area contributed by atoms with Crippen LogP contribution in [0.2, 0.25) is 0 Å². The minimum Gasteiger partial charge on any atom is -0.481 e. The molecule has 6 heteroatoms. The molecule has 1 saturated carbocycles. The summed E-state index contributed by atoms with van der Waals surface area (Å²) in [6.07, 6.45) is 6.23. The summed E-state index contributed by atoms with van der Waals surface area (Å²) in [5, 5.41) is 12.8. The van der Waals surface area contributed by atoms with Crippen LogP contribution in [0.1, 0.15) is 49.6 Å². The molecule has 2 aliphatic rings. The zero-order valence-electron chi connectivity index (χ0n) is 12.8. The number of hydrogen-bond donors (Lipinski definition) is 2. The van der Waals surface area contributed by atoms with Crippen molar-refractivity contribution in [3.8, 4) is 0 Å². The quantitative estimate of drug-likeness (QED) is 0.896. The lowest BCUT2D eigenvalue weighted by Crippen LogP contribution is -2.36. The monoisotopic (exact) mass is 322 g/mol. The fourth-order valence-electron chi connectivity index (χ4n) is 3.53. The Balaban J connectivity index is 1.70. The van der Waals surface area contributed by atoms with Gasteiger partial charge in [0.05, 0.1) is 17.5 Å². The molecule has 0 aromatic carbocycles. The molecule has 1 heterocycles. The number of carboxylic acids is 1. The molecule has 0 saturated heterocycles. The number of nitrogens with one attached hydrogen (secondary N) is 1. The minimum absolute atomic E-state index is 0.175. The van der Waals surface area contributed by atoms with E-state index in [1.54, 1.807) is 11.3 Å². The first-order chi connectivity index (χ1) is 10.5. The molecule has 0 radical (unpaired) electrons. The van der Waals surface area contributed by atoms with E-state index < -0.39 is 17.8 Å². The van der Waals surface area contributed by atoms with Gasteiger partial charge in [-0.05, 0) is 38.0 Å². The van der Waals surface area contributed by atoms with Gasteiger partial charge in [0, 0.05) is 4.88 Å². The fraction of sp³-hybridized carbons (Fsp3) is 0.688. The van der Waals surface area contributed by atoms with Gasteiger partial charge in [-0.3, -0.25) is 9.59 Å². The highest BCUT2D eigenvalue weighted by Crippen LogP contribution is 2.34. The summed E-state index contributed by atoms with van der Waals surface area (Å²) in [6.45, 7) is 2.24. The molecular weight excluding hydrogens is 300 g/mol. The van der Waals surface area contributed by atoms with Crippen LogP contribution in [0.5, 0.6) is 0 Å². The van der Waals surface area contributed by atoms with Gasteiger partial charge in [0.1, 0.15) is 0 Å². The third kappa shape index (κ3) is 3.16. The topological polar surface area (TPSA) is 79.3 Å². The summed E-state index contributed by atoms with van der Waals surface area (Å²) >= 11 is 1.55. The van der Waals surface area contributed by atoms with Crippen molar-refractivity contribution in [1.29, 1.82) is 0 Å². The summed E-state index contributed by atoms with van der Waals surface area (Å²) < 4.78 is 0. The Hall–Kier alpha value is -1.43. The molecule has 2 aliphatic carbocycles. The molecule has 22 heavy (non-hydrogen) atoms. The van der Waals surface area contributed by atoms with Crippen molar-refractivity contribution in [2.45, 2.75) is 51.9 Å². The van der Waals surface area contributed by atoms with Crippen LogP contribution in [0.25, 0.3) is 0 Å². The van der Waals surface area contributed by atoms with Crippen molar-refractivity contribution in [3.05, 3.63) is 10.6 Å². The van der Waals surface area contributed by atoms with Gasteiger partial charge in [-0.1, -0.05) is 19.8 Å². The number of fused-ring (bicyclic) bond motifs is 1. The molecule has 0 spiro atoms. The van der Waals surface area contributed by atoms with Crippen LogP contribution in [0, 0.1) is 17.8 Å². The largest absolute Gasteiger partial charge is 0.481 e. The van der Waals surface area contributed by atoms with E-state index in [0.29, 0.717) is 23.9 Å². The molecule has 3 rings (SSSR count). The SMILES string of the molecule is C[C@H]1CCc2nc(NC(=O)[C@H]3CCCC[C@@H]3C(=O)O)sc2C1. The summed E-state index contributed by atoms with van der Waals surface area (Å²) in [4.78, 5) is 29.6. The molecule has 3 atom stereocenters. The number of amides is 1. The summed E-state index contributed by atoms with van der Waals surface area (Å²) in [6, 6.07) is 0. The number of aliphatic carboxylic acids is 1. The van der Waals surface area contributed by atoms with Crippen LogP contribution >= 0.6 is 11.3 Å². The second kappa shape index (κ2) is 6.36. The van der Waals surface area contributed by atoms with E-state index in [9.17, 15) is 14.7 Å². The van der Waals surface area contributed by atoms with Gasteiger partial charge >= 0.3 is 5.97 Å². The molecule has 1 aromatic heterocycles. The van der Waals surface area contributed by atoms with E-state index in [0.717, 1.165) is 37.8 Å². The number of thiazole rings is 1. The van der Waals surface area contributed by atoms with Crippen molar-refractivity contribution >= 4 is 28.3 Å². The fourth-order valence-corrected chi connectivity index (χ4v) is 4.71. The standard InChI is InChI=1S/C16H22N2O3S/c1-9-6-7-12-13(8-9)22-16(17-12)18-14(19)10-4-2-3-5-11(10)15(20)21/h9-11H,2-8H2,1H3,(H,20,21)(H,17,18,19)/t9-,10-,11-/m0/s1. The molecular formula is C16H22N2O3S. The molecule has 1 amide bonds. The maximum Gasteiger partial charge on any atom is 0.307 e. The molecule has 1 aromatic rings. The molecule has 5 nitrogen and oxygen atoms in total. The number of carbonyl (C=O) groups excluding carboxylic acids is 1. The smallest absolute Gasteiger partial charge is 0.307 e. The number of rotatable bonds is 3. The van der Waals surface area contributed by atoms with Gasteiger partial charge in [0.15, 0.2) is 5.13 Å². The van der Waals surface area contributed by atoms with Crippen LogP contribution in [0.3, 0.4) is 0 Å². The van der Waals surface area contributed by atoms with Gasteiger partial charge in [0.2, 0.25) is 5.91 Å². The van der Waals surface area contributed by atoms with Gasteiger partial charge in [-0.2, -0.15) is 0 Å². The van der Waals surface area contributed by atoms with Crippen LogP contribution < -0.4 is 5.32 Å². The lowest BCUT2D eigenvalue weighted by atomic mass is 9.79. The van der Waals surface area contributed by atoms with Crippen molar-refractivity contribution in [3.63, 3.8) is 0 Å². The number of carbonyl (C=O) groups is 2. The third-order valence-corrected chi connectivity index (χ3v) is 5.87. The molecule has 120 valence electrons. The number of aryl methyl sites for hydroxylation is 1. The Morgan fingerprint density at radius 3 is 2.68 bits per heavy atom. The van der Waals surface area contributed by atoms with E-state index in [-0.39, 0.29) is 5.91 Å². The Morgan fingerprint density at radius 2 is 1.95 bits per heavy atom. The molecule has 1 fully saturated rings. The second-order valence-electron chi connectivity index (χ2n) is 6.56. The van der Waals surface area contributed by atoms with E-state index in [1.165, 1.54) is 4.88 Å². The van der Waals surface area contributed by atoms with Crippen molar-refractivity contribution < 1.29 is 14.7 Å². The van der Waals surface area contributed by atoms with Crippen LogP contribution in [-0.4, -0.2) is 22.0 Å². The summed E-state index contributed by atoms with van der Waals surface area (Å²) in [5.74, 6) is -1.33. The number of aromatic nitrogens is 1. The average molecular weight is 322 g/mol. The van der Waals surface area contributed by atoms with Crippen molar-refractivity contribution in [2.75, 3.05) is 5.32 Å². The number of nitrogens with zero attached hydrogens (tertiary/aromatic N) is 1. The van der Waals surface area contributed by atoms with Crippen LogP contribution in [0.15, 0.2) is 0 Å². The maximum absolute atomic E-state index is 12.5. The number of hydrogen-bond acceptors (Lipinski definition) is 4. The van der Waals surface area contributed by atoms with Gasteiger partial charge in [0.25, 0.3) is 0 Å². The first-order valence-corrected chi connectivity index (χ1v) is 8.88. The van der Waals surface area contributed by atoms with E-state index in [2.05, 4.69) is 17.2 Å². The molecule has 0 bridgehead atoms. The first-order valence-electron chi connectivity index (χ1n) is 8.07.